The topological polar surface area (TPSA) is 90.9 Å². The van der Waals surface area contributed by atoms with Crippen molar-refractivity contribution < 1.29 is 26.9 Å². The largest absolute Gasteiger partial charge is 0.485 e. The summed E-state index contributed by atoms with van der Waals surface area (Å²) in [5.74, 6) is 0.522. The van der Waals surface area contributed by atoms with Gasteiger partial charge >= 0.3 is 0 Å². The van der Waals surface area contributed by atoms with Crippen molar-refractivity contribution >= 4 is 16.0 Å². The number of carbonyl (C=O) groups is 1. The molecule has 0 aliphatic carbocycles. The van der Waals surface area contributed by atoms with Gasteiger partial charge in [0, 0.05) is 6.42 Å². The lowest BCUT2D eigenvalue weighted by Crippen LogP contribution is -2.58. The SMILES string of the molecule is Cc1ccc(S(=O)(=O)O[C@@H](C)C[C@]2(C(=O)N[C@@H](C)c3ccccc3)COc3ccccc3O2)cc1. The van der Waals surface area contributed by atoms with E-state index in [1.54, 1.807) is 37.3 Å². The second kappa shape index (κ2) is 10.1. The first-order valence-corrected chi connectivity index (χ1v) is 12.9. The summed E-state index contributed by atoms with van der Waals surface area (Å²) in [7, 11) is -4.03. The van der Waals surface area contributed by atoms with Gasteiger partial charge in [0.15, 0.2) is 11.5 Å². The van der Waals surface area contributed by atoms with Crippen LogP contribution in [-0.4, -0.2) is 32.6 Å². The summed E-state index contributed by atoms with van der Waals surface area (Å²) in [6.45, 7) is 5.26. The van der Waals surface area contributed by atoms with Gasteiger partial charge in [-0.15, -0.1) is 0 Å². The summed E-state index contributed by atoms with van der Waals surface area (Å²) in [4.78, 5) is 13.7. The van der Waals surface area contributed by atoms with Crippen LogP contribution in [0.15, 0.2) is 83.8 Å². The lowest BCUT2D eigenvalue weighted by atomic mass is 9.94. The fraction of sp³-hybridized carbons (Fsp3) is 0.296. The molecule has 3 aromatic rings. The van der Waals surface area contributed by atoms with E-state index in [2.05, 4.69) is 5.32 Å². The lowest BCUT2D eigenvalue weighted by molar-refractivity contribution is -0.145. The maximum Gasteiger partial charge on any atom is 0.297 e. The zero-order valence-electron chi connectivity index (χ0n) is 19.9. The molecule has 35 heavy (non-hydrogen) atoms. The lowest BCUT2D eigenvalue weighted by Gasteiger charge is -2.38. The Morgan fingerprint density at radius 1 is 0.971 bits per heavy atom. The number of hydrogen-bond donors (Lipinski definition) is 1. The van der Waals surface area contributed by atoms with Crippen LogP contribution < -0.4 is 14.8 Å². The molecule has 0 spiro atoms. The average Bonchev–Trinajstić information content (AvgIpc) is 2.84. The van der Waals surface area contributed by atoms with Gasteiger partial charge in [-0.05, 0) is 50.6 Å². The molecule has 0 saturated heterocycles. The number of aryl methyl sites for hydroxylation is 1. The minimum absolute atomic E-state index is 0.0419. The van der Waals surface area contributed by atoms with Crippen molar-refractivity contribution in [3.8, 4) is 11.5 Å². The highest BCUT2D eigenvalue weighted by Crippen LogP contribution is 2.38. The van der Waals surface area contributed by atoms with Gasteiger partial charge in [-0.2, -0.15) is 8.42 Å². The van der Waals surface area contributed by atoms with Gasteiger partial charge in [-0.25, -0.2) is 0 Å². The number of amides is 1. The number of fused-ring (bicyclic) bond motifs is 1. The number of hydrogen-bond acceptors (Lipinski definition) is 6. The summed E-state index contributed by atoms with van der Waals surface area (Å²) in [5, 5.41) is 2.99. The van der Waals surface area contributed by atoms with Gasteiger partial charge in [0.1, 0.15) is 6.61 Å². The Morgan fingerprint density at radius 2 is 1.60 bits per heavy atom. The number of rotatable bonds is 8. The Kier molecular flexibility index (Phi) is 7.14. The van der Waals surface area contributed by atoms with E-state index in [-0.39, 0.29) is 24.0 Å². The molecule has 184 valence electrons. The molecule has 1 heterocycles. The molecule has 1 aliphatic rings. The molecule has 0 bridgehead atoms. The molecule has 4 rings (SSSR count). The molecule has 3 atom stereocenters. The summed E-state index contributed by atoms with van der Waals surface area (Å²) in [6.07, 6.45) is -0.910. The Labute approximate surface area is 206 Å². The maximum absolute atomic E-state index is 13.6. The molecule has 0 aromatic heterocycles. The minimum Gasteiger partial charge on any atom is -0.485 e. The molecule has 7 nitrogen and oxygen atoms in total. The van der Waals surface area contributed by atoms with E-state index < -0.39 is 27.7 Å². The van der Waals surface area contributed by atoms with Crippen LogP contribution in [0.4, 0.5) is 0 Å². The number of nitrogens with one attached hydrogen (secondary N) is 1. The van der Waals surface area contributed by atoms with Crippen molar-refractivity contribution in [2.45, 2.75) is 49.8 Å². The number of ether oxygens (including phenoxy) is 2. The van der Waals surface area contributed by atoms with Crippen molar-refractivity contribution in [3.05, 3.63) is 90.0 Å². The third-order valence-corrected chi connectivity index (χ3v) is 7.33. The molecule has 0 unspecified atom stereocenters. The first-order valence-electron chi connectivity index (χ1n) is 11.5. The molecule has 1 amide bonds. The third-order valence-electron chi connectivity index (χ3n) is 5.89. The Balaban J connectivity index is 1.57. The molecule has 0 radical (unpaired) electrons. The Morgan fingerprint density at radius 3 is 2.29 bits per heavy atom. The van der Waals surface area contributed by atoms with Crippen molar-refractivity contribution in [3.63, 3.8) is 0 Å². The van der Waals surface area contributed by atoms with Crippen LogP contribution in [0.5, 0.6) is 11.5 Å². The van der Waals surface area contributed by atoms with E-state index in [1.807, 2.05) is 50.2 Å². The number of carbonyl (C=O) groups excluding carboxylic acids is 1. The fourth-order valence-corrected chi connectivity index (χ4v) is 5.10. The molecule has 1 N–H and O–H groups in total. The Hall–Kier alpha value is -3.36. The van der Waals surface area contributed by atoms with Crippen molar-refractivity contribution in [1.29, 1.82) is 0 Å². The monoisotopic (exact) mass is 495 g/mol. The van der Waals surface area contributed by atoms with Crippen LogP contribution in [0, 0.1) is 6.92 Å². The van der Waals surface area contributed by atoms with Crippen LogP contribution in [0.1, 0.15) is 37.4 Å². The zero-order valence-corrected chi connectivity index (χ0v) is 20.7. The van der Waals surface area contributed by atoms with E-state index in [1.165, 1.54) is 12.1 Å². The van der Waals surface area contributed by atoms with Crippen molar-refractivity contribution in [2.75, 3.05) is 6.61 Å². The first-order chi connectivity index (χ1) is 16.7. The van der Waals surface area contributed by atoms with E-state index in [9.17, 15) is 13.2 Å². The van der Waals surface area contributed by atoms with Crippen LogP contribution in [-0.2, 0) is 19.1 Å². The van der Waals surface area contributed by atoms with Crippen LogP contribution in [0.2, 0.25) is 0 Å². The summed E-state index contributed by atoms with van der Waals surface area (Å²) >= 11 is 0. The van der Waals surface area contributed by atoms with Gasteiger partial charge in [-0.3, -0.25) is 8.98 Å². The molecule has 1 aliphatic heterocycles. The molecule has 8 heteroatoms. The van der Waals surface area contributed by atoms with Gasteiger partial charge in [-0.1, -0.05) is 60.2 Å². The minimum atomic E-state index is -4.03. The standard InChI is InChI=1S/C27H29NO6S/c1-19-13-15-23(16-14-19)35(30,31)34-20(2)17-27(18-32-24-11-7-8-12-25(24)33-27)26(29)28-21(3)22-9-5-4-6-10-22/h4-16,20-21H,17-18H2,1-3H3,(H,28,29)/t20-,21-,27+/m0/s1. The molecule has 0 saturated carbocycles. The maximum atomic E-state index is 13.6. The molecular formula is C27H29NO6S. The van der Waals surface area contributed by atoms with Gasteiger partial charge in [0.2, 0.25) is 5.60 Å². The smallest absolute Gasteiger partial charge is 0.297 e. The average molecular weight is 496 g/mol. The van der Waals surface area contributed by atoms with E-state index >= 15 is 0 Å². The predicted molar refractivity (Wildman–Crippen MR) is 132 cm³/mol. The highest BCUT2D eigenvalue weighted by atomic mass is 32.2. The van der Waals surface area contributed by atoms with Crippen molar-refractivity contribution in [1.82, 2.24) is 5.32 Å². The number of para-hydroxylation sites is 2. The van der Waals surface area contributed by atoms with Crippen LogP contribution in [0.3, 0.4) is 0 Å². The van der Waals surface area contributed by atoms with Crippen molar-refractivity contribution in [2.24, 2.45) is 0 Å². The zero-order chi connectivity index (χ0) is 25.1. The number of benzene rings is 3. The van der Waals surface area contributed by atoms with Gasteiger partial charge in [0.25, 0.3) is 16.0 Å². The quantitative estimate of drug-likeness (QED) is 0.461. The summed E-state index contributed by atoms with van der Waals surface area (Å²) < 4.78 is 43.2. The molecule has 0 fully saturated rings. The van der Waals surface area contributed by atoms with Gasteiger partial charge < -0.3 is 14.8 Å². The van der Waals surface area contributed by atoms with Crippen LogP contribution >= 0.6 is 0 Å². The molecule has 3 aromatic carbocycles. The summed E-state index contributed by atoms with van der Waals surface area (Å²) in [6, 6.07) is 22.7. The molecular weight excluding hydrogens is 466 g/mol. The second-order valence-electron chi connectivity index (χ2n) is 8.82. The predicted octanol–water partition coefficient (Wildman–Crippen LogP) is 4.57. The highest BCUT2D eigenvalue weighted by Gasteiger charge is 2.47. The van der Waals surface area contributed by atoms with E-state index in [0.717, 1.165) is 11.1 Å². The first kappa shape index (κ1) is 24.8. The summed E-state index contributed by atoms with van der Waals surface area (Å²) in [5.41, 5.74) is 0.380. The van der Waals surface area contributed by atoms with Gasteiger partial charge in [0.05, 0.1) is 17.0 Å². The van der Waals surface area contributed by atoms with Crippen LogP contribution in [0.25, 0.3) is 0 Å². The second-order valence-corrected chi connectivity index (χ2v) is 10.4. The third kappa shape index (κ3) is 5.66. The Bertz CT molecular complexity index is 1280. The van der Waals surface area contributed by atoms with E-state index in [4.69, 9.17) is 13.7 Å². The fourth-order valence-electron chi connectivity index (χ4n) is 4.02. The normalized spacial score (nSPS) is 18.9. The highest BCUT2D eigenvalue weighted by molar-refractivity contribution is 7.86. The van der Waals surface area contributed by atoms with E-state index in [0.29, 0.717) is 11.5 Å².